The number of carbonyl (C=O) groups excluding carboxylic acids is 1. The van der Waals surface area contributed by atoms with Crippen LogP contribution < -0.4 is 10.8 Å². The average molecular weight is 419 g/mol. The predicted molar refractivity (Wildman–Crippen MR) is 112 cm³/mol. The minimum Gasteiger partial charge on any atom is -0.353 e. The van der Waals surface area contributed by atoms with Gasteiger partial charge in [0.05, 0.1) is 16.8 Å². The van der Waals surface area contributed by atoms with Gasteiger partial charge in [0.2, 0.25) is 5.91 Å². The lowest BCUT2D eigenvalue weighted by Crippen LogP contribution is -2.33. The van der Waals surface area contributed by atoms with Crippen LogP contribution in [-0.4, -0.2) is 37.5 Å². The number of nitrogens with zero attached hydrogens (tertiary/aromatic N) is 3. The van der Waals surface area contributed by atoms with E-state index in [1.54, 1.807) is 10.6 Å². The van der Waals surface area contributed by atoms with Crippen molar-refractivity contribution in [3.8, 4) is 5.69 Å². The summed E-state index contributed by atoms with van der Waals surface area (Å²) in [6.45, 7) is 7.80. The number of hydrogen-bond acceptors (Lipinski definition) is 5. The molecule has 9 heteroatoms. The van der Waals surface area contributed by atoms with Gasteiger partial charge in [-0.2, -0.15) is 5.10 Å². The van der Waals surface area contributed by atoms with Crippen LogP contribution >= 0.6 is 23.4 Å². The summed E-state index contributed by atoms with van der Waals surface area (Å²) in [6.07, 6.45) is 0.867. The molecule has 0 bridgehead atoms. The smallest absolute Gasteiger partial charge is 0.230 e. The van der Waals surface area contributed by atoms with Crippen LogP contribution in [0, 0.1) is 19.3 Å². The summed E-state index contributed by atoms with van der Waals surface area (Å²) >= 11 is 7.49. The van der Waals surface area contributed by atoms with Crippen molar-refractivity contribution in [2.45, 2.75) is 45.3 Å². The lowest BCUT2D eigenvalue weighted by molar-refractivity contribution is -0.119. The van der Waals surface area contributed by atoms with E-state index in [0.29, 0.717) is 21.2 Å². The molecule has 7 nitrogen and oxygen atoms in total. The summed E-state index contributed by atoms with van der Waals surface area (Å²) in [5.74, 6) is 0.131. The van der Waals surface area contributed by atoms with Gasteiger partial charge >= 0.3 is 0 Å². The van der Waals surface area contributed by atoms with Crippen LogP contribution in [0.1, 0.15) is 31.5 Å². The number of thioether (sulfide) groups is 1. The number of amides is 1. The summed E-state index contributed by atoms with van der Waals surface area (Å²) in [7, 11) is 0. The molecule has 148 valence electrons. The van der Waals surface area contributed by atoms with Gasteiger partial charge in [-0.05, 0) is 44.9 Å². The third-order valence-corrected chi connectivity index (χ3v) is 5.72. The molecule has 3 rings (SSSR count). The van der Waals surface area contributed by atoms with Crippen molar-refractivity contribution in [3.63, 3.8) is 0 Å². The Morgan fingerprint density at radius 2 is 2.18 bits per heavy atom. The molecule has 0 radical (unpaired) electrons. The number of carbonyl (C=O) groups is 1. The maximum Gasteiger partial charge on any atom is 0.230 e. The Balaban J connectivity index is 2.09. The molecule has 0 aliphatic rings. The second kappa shape index (κ2) is 8.36. The van der Waals surface area contributed by atoms with Gasteiger partial charge in [-0.25, -0.2) is 4.98 Å². The number of H-pyrrole nitrogens is 1. The Morgan fingerprint density at radius 3 is 2.89 bits per heavy atom. The zero-order valence-corrected chi connectivity index (χ0v) is 17.8. The fraction of sp³-hybridized carbons (Fsp3) is 0.368. The first-order valence-corrected chi connectivity index (χ1v) is 10.4. The van der Waals surface area contributed by atoms with Gasteiger partial charge in [0.25, 0.3) is 0 Å². The number of nitrogens with one attached hydrogen (secondary N) is 3. The number of aromatic nitrogens is 4. The molecule has 28 heavy (non-hydrogen) atoms. The molecule has 0 saturated heterocycles. The first kappa shape index (κ1) is 20.4. The Morgan fingerprint density at radius 1 is 1.43 bits per heavy atom. The lowest BCUT2D eigenvalue weighted by Gasteiger charge is -2.16. The molecule has 0 fully saturated rings. The third kappa shape index (κ3) is 4.07. The maximum atomic E-state index is 12.2. The van der Waals surface area contributed by atoms with E-state index in [1.807, 2.05) is 39.8 Å². The number of aromatic amines is 1. The second-order valence-corrected chi connectivity index (χ2v) is 8.10. The van der Waals surface area contributed by atoms with Crippen molar-refractivity contribution in [3.05, 3.63) is 40.0 Å². The van der Waals surface area contributed by atoms with E-state index >= 15 is 0 Å². The summed E-state index contributed by atoms with van der Waals surface area (Å²) in [4.78, 5) is 16.9. The second-order valence-electron chi connectivity index (χ2n) is 6.72. The number of benzene rings is 1. The molecule has 0 aliphatic carbocycles. The quantitative estimate of drug-likeness (QED) is 0.421. The number of fused-ring (bicyclic) bond motifs is 1. The molecular formula is C19H23ClN6OS. The van der Waals surface area contributed by atoms with Gasteiger partial charge in [-0.3, -0.25) is 19.9 Å². The SMILES string of the molecule is CC[C@H](C)NC(=O)CSc1nc2n[nH]c(C)c2c(=N)n1-c1cc(Cl)ccc1C. The molecule has 1 aromatic carbocycles. The van der Waals surface area contributed by atoms with E-state index < -0.39 is 0 Å². The highest BCUT2D eigenvalue weighted by Gasteiger charge is 2.18. The normalized spacial score (nSPS) is 12.3. The van der Waals surface area contributed by atoms with Crippen LogP contribution in [0.25, 0.3) is 16.7 Å². The van der Waals surface area contributed by atoms with Crippen molar-refractivity contribution in [2.24, 2.45) is 0 Å². The van der Waals surface area contributed by atoms with E-state index in [4.69, 9.17) is 17.0 Å². The highest BCUT2D eigenvalue weighted by molar-refractivity contribution is 7.99. The van der Waals surface area contributed by atoms with Crippen LogP contribution in [0.2, 0.25) is 5.02 Å². The summed E-state index contributed by atoms with van der Waals surface area (Å²) in [5, 5.41) is 20.5. The molecule has 1 amide bonds. The molecule has 2 aromatic heterocycles. The van der Waals surface area contributed by atoms with Gasteiger partial charge in [0, 0.05) is 16.8 Å². The van der Waals surface area contributed by atoms with Crippen molar-refractivity contribution in [1.29, 1.82) is 5.41 Å². The van der Waals surface area contributed by atoms with Gasteiger partial charge in [0.15, 0.2) is 10.8 Å². The monoisotopic (exact) mass is 418 g/mol. The topological polar surface area (TPSA) is 99.5 Å². The van der Waals surface area contributed by atoms with Gasteiger partial charge in [0.1, 0.15) is 5.49 Å². The number of aryl methyl sites for hydroxylation is 2. The molecule has 1 atom stereocenters. The Kier molecular flexibility index (Phi) is 6.10. The summed E-state index contributed by atoms with van der Waals surface area (Å²) < 4.78 is 1.73. The predicted octanol–water partition coefficient (Wildman–Crippen LogP) is 3.51. The molecule has 3 N–H and O–H groups in total. The minimum absolute atomic E-state index is 0.0691. The first-order chi connectivity index (χ1) is 13.3. The van der Waals surface area contributed by atoms with Crippen LogP contribution in [0.15, 0.2) is 23.4 Å². The van der Waals surface area contributed by atoms with E-state index in [2.05, 4.69) is 20.5 Å². The highest BCUT2D eigenvalue weighted by atomic mass is 35.5. The van der Waals surface area contributed by atoms with Crippen LogP contribution in [0.3, 0.4) is 0 Å². The maximum absolute atomic E-state index is 12.2. The van der Waals surface area contributed by atoms with Crippen LogP contribution in [0.4, 0.5) is 0 Å². The average Bonchev–Trinajstić information content (AvgIpc) is 3.03. The Labute approximate surface area is 172 Å². The van der Waals surface area contributed by atoms with Crippen molar-refractivity contribution >= 4 is 40.3 Å². The standard InChI is InChI=1S/C19H23ClN6OS/c1-5-11(3)22-15(27)9-28-19-23-18-16(12(4)24-25-18)17(21)26(19)14-8-13(20)7-6-10(14)2/h6-8,11,21H,5,9H2,1-4H3,(H,22,27)(H,24,25)/t11-/m0/s1. The molecule has 0 saturated carbocycles. The number of rotatable bonds is 6. The molecule has 2 heterocycles. The van der Waals surface area contributed by atoms with Crippen molar-refractivity contribution < 1.29 is 4.79 Å². The van der Waals surface area contributed by atoms with Crippen LogP contribution in [-0.2, 0) is 4.79 Å². The van der Waals surface area contributed by atoms with E-state index in [9.17, 15) is 4.79 Å². The van der Waals surface area contributed by atoms with Gasteiger partial charge in [-0.1, -0.05) is 36.4 Å². The molecule has 0 spiro atoms. The third-order valence-electron chi connectivity index (χ3n) is 4.55. The largest absolute Gasteiger partial charge is 0.353 e. The summed E-state index contributed by atoms with van der Waals surface area (Å²) in [6, 6.07) is 5.64. The Hall–Kier alpha value is -2.32. The van der Waals surface area contributed by atoms with E-state index in [-0.39, 0.29) is 23.2 Å². The van der Waals surface area contributed by atoms with Gasteiger partial charge < -0.3 is 5.32 Å². The van der Waals surface area contributed by atoms with Crippen molar-refractivity contribution in [2.75, 3.05) is 5.75 Å². The van der Waals surface area contributed by atoms with Gasteiger partial charge in [-0.15, -0.1) is 0 Å². The van der Waals surface area contributed by atoms with E-state index in [1.165, 1.54) is 11.8 Å². The highest BCUT2D eigenvalue weighted by Crippen LogP contribution is 2.25. The Bertz CT molecular complexity index is 1090. The first-order valence-electron chi connectivity index (χ1n) is 9.02. The number of hydrogen-bond donors (Lipinski definition) is 3. The molecule has 0 unspecified atom stereocenters. The number of halogens is 1. The van der Waals surface area contributed by atoms with E-state index in [0.717, 1.165) is 23.4 Å². The van der Waals surface area contributed by atoms with Crippen molar-refractivity contribution in [1.82, 2.24) is 25.1 Å². The molecular weight excluding hydrogens is 396 g/mol. The molecule has 3 aromatic rings. The lowest BCUT2D eigenvalue weighted by atomic mass is 10.2. The summed E-state index contributed by atoms with van der Waals surface area (Å²) in [5.41, 5.74) is 3.20. The van der Waals surface area contributed by atoms with Crippen LogP contribution in [0.5, 0.6) is 0 Å². The minimum atomic E-state index is -0.0691. The fourth-order valence-corrected chi connectivity index (χ4v) is 3.80. The fourth-order valence-electron chi connectivity index (χ4n) is 2.82. The zero-order valence-electron chi connectivity index (χ0n) is 16.3. The zero-order chi connectivity index (χ0) is 20.4. The molecule has 0 aliphatic heterocycles.